The molecule has 0 aliphatic carbocycles. The van der Waals surface area contributed by atoms with Crippen molar-refractivity contribution in [1.82, 2.24) is 0 Å². The summed E-state index contributed by atoms with van der Waals surface area (Å²) in [4.78, 5) is 2.38. The molecule has 2 rings (SSSR count). The smallest absolute Gasteiger partial charge is 0.0404 e. The number of fused-ring (bicyclic) bond motifs is 1. The van der Waals surface area contributed by atoms with Crippen LogP contribution in [0.25, 0.3) is 0 Å². The van der Waals surface area contributed by atoms with Crippen LogP contribution in [0.5, 0.6) is 0 Å². The van der Waals surface area contributed by atoms with E-state index in [1.54, 1.807) is 0 Å². The SMILES string of the molecule is Cc1cccc2c1C(C)C(C)N2C. The highest BCUT2D eigenvalue weighted by atomic mass is 15.2. The molecule has 2 unspecified atom stereocenters. The van der Waals surface area contributed by atoms with Crippen molar-refractivity contribution in [2.45, 2.75) is 32.7 Å². The van der Waals surface area contributed by atoms with E-state index in [0.29, 0.717) is 12.0 Å². The second-order valence-electron chi connectivity index (χ2n) is 4.15. The van der Waals surface area contributed by atoms with Crippen molar-refractivity contribution < 1.29 is 0 Å². The van der Waals surface area contributed by atoms with Gasteiger partial charge in [0.05, 0.1) is 0 Å². The number of anilines is 1. The fourth-order valence-electron chi connectivity index (χ4n) is 2.36. The Balaban J connectivity index is 2.60. The lowest BCUT2D eigenvalue weighted by Crippen LogP contribution is -2.25. The zero-order chi connectivity index (χ0) is 9.59. The number of hydrogen-bond acceptors (Lipinski definition) is 1. The quantitative estimate of drug-likeness (QED) is 0.586. The maximum atomic E-state index is 2.38. The Morgan fingerprint density at radius 1 is 1.23 bits per heavy atom. The third-order valence-electron chi connectivity index (χ3n) is 3.47. The van der Waals surface area contributed by atoms with Crippen LogP contribution >= 0.6 is 0 Å². The normalized spacial score (nSPS) is 26.3. The molecule has 0 radical (unpaired) electrons. The van der Waals surface area contributed by atoms with Gasteiger partial charge in [-0.2, -0.15) is 0 Å². The second-order valence-corrected chi connectivity index (χ2v) is 4.15. The molecule has 0 saturated carbocycles. The summed E-state index contributed by atoms with van der Waals surface area (Å²) in [6.45, 7) is 6.82. The number of hydrogen-bond donors (Lipinski definition) is 0. The molecule has 70 valence electrons. The molecule has 1 heterocycles. The lowest BCUT2D eigenvalue weighted by atomic mass is 9.94. The second kappa shape index (κ2) is 2.76. The van der Waals surface area contributed by atoms with Crippen LogP contribution in [0, 0.1) is 6.92 Å². The molecule has 0 aromatic heterocycles. The van der Waals surface area contributed by atoms with Crippen LogP contribution in [0.3, 0.4) is 0 Å². The summed E-state index contributed by atoms with van der Waals surface area (Å²) in [7, 11) is 2.19. The lowest BCUT2D eigenvalue weighted by molar-refractivity contribution is 0.624. The van der Waals surface area contributed by atoms with E-state index >= 15 is 0 Å². The van der Waals surface area contributed by atoms with E-state index in [4.69, 9.17) is 0 Å². The van der Waals surface area contributed by atoms with Crippen molar-refractivity contribution in [3.63, 3.8) is 0 Å². The van der Waals surface area contributed by atoms with Crippen molar-refractivity contribution in [1.29, 1.82) is 0 Å². The molecular weight excluding hydrogens is 158 g/mol. The summed E-state index contributed by atoms with van der Waals surface area (Å²) >= 11 is 0. The largest absolute Gasteiger partial charge is 0.371 e. The van der Waals surface area contributed by atoms with Crippen LogP contribution < -0.4 is 4.90 Å². The van der Waals surface area contributed by atoms with Gasteiger partial charge in [-0.15, -0.1) is 0 Å². The summed E-state index contributed by atoms with van der Waals surface area (Å²) < 4.78 is 0. The van der Waals surface area contributed by atoms with Gasteiger partial charge in [0.1, 0.15) is 0 Å². The average Bonchev–Trinajstić information content (AvgIpc) is 2.33. The zero-order valence-electron chi connectivity index (χ0n) is 8.83. The Morgan fingerprint density at radius 3 is 2.54 bits per heavy atom. The van der Waals surface area contributed by atoms with Crippen molar-refractivity contribution in [2.75, 3.05) is 11.9 Å². The van der Waals surface area contributed by atoms with E-state index in [0.717, 1.165) is 0 Å². The highest BCUT2D eigenvalue weighted by Crippen LogP contribution is 2.41. The Bertz CT molecular complexity index is 330. The highest BCUT2D eigenvalue weighted by molar-refractivity contribution is 5.63. The van der Waals surface area contributed by atoms with E-state index in [-0.39, 0.29) is 0 Å². The van der Waals surface area contributed by atoms with Gasteiger partial charge in [0, 0.05) is 24.7 Å². The van der Waals surface area contributed by atoms with Crippen molar-refractivity contribution in [2.24, 2.45) is 0 Å². The van der Waals surface area contributed by atoms with E-state index in [1.165, 1.54) is 16.8 Å². The number of benzene rings is 1. The van der Waals surface area contributed by atoms with Gasteiger partial charge in [0.25, 0.3) is 0 Å². The third kappa shape index (κ3) is 1.06. The minimum atomic E-state index is 0.635. The van der Waals surface area contributed by atoms with Crippen LogP contribution in [-0.2, 0) is 0 Å². The molecule has 0 saturated heterocycles. The summed E-state index contributed by atoms with van der Waals surface area (Å²) in [6.07, 6.45) is 0. The molecule has 0 fully saturated rings. The van der Waals surface area contributed by atoms with Crippen LogP contribution in [0.4, 0.5) is 5.69 Å². The fraction of sp³-hybridized carbons (Fsp3) is 0.500. The highest BCUT2D eigenvalue weighted by Gasteiger charge is 2.30. The van der Waals surface area contributed by atoms with Gasteiger partial charge in [0.15, 0.2) is 0 Å². The first kappa shape index (κ1) is 8.61. The van der Waals surface area contributed by atoms with Crippen molar-refractivity contribution >= 4 is 5.69 Å². The maximum Gasteiger partial charge on any atom is 0.0404 e. The van der Waals surface area contributed by atoms with E-state index < -0.39 is 0 Å². The first-order chi connectivity index (χ1) is 6.13. The molecule has 1 aliphatic heterocycles. The van der Waals surface area contributed by atoms with Gasteiger partial charge in [-0.25, -0.2) is 0 Å². The van der Waals surface area contributed by atoms with Gasteiger partial charge in [-0.1, -0.05) is 19.1 Å². The molecule has 1 aliphatic rings. The lowest BCUT2D eigenvalue weighted by Gasteiger charge is -2.20. The monoisotopic (exact) mass is 175 g/mol. The summed E-state index contributed by atoms with van der Waals surface area (Å²) in [5.41, 5.74) is 4.39. The van der Waals surface area contributed by atoms with Crippen LogP contribution in [-0.4, -0.2) is 13.1 Å². The number of likely N-dealkylation sites (N-methyl/N-ethyl adjacent to an activating group) is 1. The summed E-state index contributed by atoms with van der Waals surface area (Å²) in [5, 5.41) is 0. The van der Waals surface area contributed by atoms with E-state index in [1.807, 2.05) is 0 Å². The summed E-state index contributed by atoms with van der Waals surface area (Å²) in [5.74, 6) is 0.668. The zero-order valence-corrected chi connectivity index (χ0v) is 8.83. The van der Waals surface area contributed by atoms with Gasteiger partial charge >= 0.3 is 0 Å². The van der Waals surface area contributed by atoms with E-state index in [2.05, 4.69) is 50.9 Å². The van der Waals surface area contributed by atoms with Gasteiger partial charge in [-0.05, 0) is 31.0 Å². The van der Waals surface area contributed by atoms with Gasteiger partial charge in [0.2, 0.25) is 0 Å². The molecule has 0 amide bonds. The first-order valence-corrected chi connectivity index (χ1v) is 4.95. The topological polar surface area (TPSA) is 3.24 Å². The predicted octanol–water partition coefficient (Wildman–Crippen LogP) is 2.94. The number of aryl methyl sites for hydroxylation is 1. The first-order valence-electron chi connectivity index (χ1n) is 4.95. The Labute approximate surface area is 80.4 Å². The van der Waals surface area contributed by atoms with Crippen LogP contribution in [0.1, 0.15) is 30.9 Å². The van der Waals surface area contributed by atoms with E-state index in [9.17, 15) is 0 Å². The average molecular weight is 175 g/mol. The van der Waals surface area contributed by atoms with Crippen molar-refractivity contribution in [3.05, 3.63) is 29.3 Å². The molecule has 1 heteroatoms. The molecule has 0 N–H and O–H groups in total. The molecule has 13 heavy (non-hydrogen) atoms. The maximum absolute atomic E-state index is 2.38. The number of nitrogens with zero attached hydrogens (tertiary/aromatic N) is 1. The number of rotatable bonds is 0. The molecule has 2 atom stereocenters. The molecule has 1 aromatic carbocycles. The standard InChI is InChI=1S/C12H17N/c1-8-6-5-7-11-12(8)9(2)10(3)13(11)4/h5-7,9-10H,1-4H3. The molecule has 1 aromatic rings. The molecule has 1 nitrogen and oxygen atoms in total. The Hall–Kier alpha value is -0.980. The van der Waals surface area contributed by atoms with Crippen molar-refractivity contribution in [3.8, 4) is 0 Å². The fourth-order valence-corrected chi connectivity index (χ4v) is 2.36. The van der Waals surface area contributed by atoms with Crippen LogP contribution in [0.15, 0.2) is 18.2 Å². The predicted molar refractivity (Wildman–Crippen MR) is 57.5 cm³/mol. The summed E-state index contributed by atoms with van der Waals surface area (Å²) in [6, 6.07) is 7.22. The molecular formula is C12H17N. The minimum absolute atomic E-state index is 0.635. The van der Waals surface area contributed by atoms with Crippen LogP contribution in [0.2, 0.25) is 0 Å². The Kier molecular flexibility index (Phi) is 1.83. The van der Waals surface area contributed by atoms with Gasteiger partial charge in [-0.3, -0.25) is 0 Å². The minimum Gasteiger partial charge on any atom is -0.371 e. The molecule has 0 spiro atoms. The third-order valence-corrected chi connectivity index (χ3v) is 3.47. The molecule has 0 bridgehead atoms. The Morgan fingerprint density at radius 2 is 1.92 bits per heavy atom. The van der Waals surface area contributed by atoms with Gasteiger partial charge < -0.3 is 4.90 Å².